The second-order valence-corrected chi connectivity index (χ2v) is 4.91. The number of anilines is 1. The first-order valence-corrected chi connectivity index (χ1v) is 6.92. The summed E-state index contributed by atoms with van der Waals surface area (Å²) in [6.07, 6.45) is 2.34. The third kappa shape index (κ3) is 3.95. The van der Waals surface area contributed by atoms with E-state index in [1.165, 1.54) is 12.3 Å². The number of nitrogen functional groups attached to an aromatic ring is 1. The molecule has 0 spiro atoms. The molecule has 0 bridgehead atoms. The molecule has 0 aliphatic rings. The van der Waals surface area contributed by atoms with Crippen molar-refractivity contribution in [3.63, 3.8) is 0 Å². The summed E-state index contributed by atoms with van der Waals surface area (Å²) >= 11 is 0. The summed E-state index contributed by atoms with van der Waals surface area (Å²) in [6.45, 7) is 3.15. The number of aromatic amines is 1. The molecule has 0 aliphatic heterocycles. The van der Waals surface area contributed by atoms with Crippen molar-refractivity contribution in [1.29, 1.82) is 0 Å². The SMILES string of the molecule is CCCN(Cc1ccc(N)cc1)C(=O)c1cc[nH]c(=O)c1. The van der Waals surface area contributed by atoms with Crippen LogP contribution in [0.25, 0.3) is 0 Å². The standard InChI is InChI=1S/C16H19N3O2/c1-2-9-19(11-12-3-5-14(17)6-4-12)16(21)13-7-8-18-15(20)10-13/h3-8,10H,2,9,11,17H2,1H3,(H,18,20). The maximum atomic E-state index is 12.5. The van der Waals surface area contributed by atoms with Crippen LogP contribution in [0.5, 0.6) is 0 Å². The molecule has 2 rings (SSSR count). The number of hydrogen-bond donors (Lipinski definition) is 2. The first kappa shape index (κ1) is 14.8. The van der Waals surface area contributed by atoms with Crippen LogP contribution in [0.3, 0.4) is 0 Å². The second-order valence-electron chi connectivity index (χ2n) is 4.91. The van der Waals surface area contributed by atoms with E-state index in [2.05, 4.69) is 4.98 Å². The lowest BCUT2D eigenvalue weighted by Crippen LogP contribution is -2.32. The number of aromatic nitrogens is 1. The third-order valence-electron chi connectivity index (χ3n) is 3.16. The molecule has 5 nitrogen and oxygen atoms in total. The topological polar surface area (TPSA) is 79.2 Å². The predicted octanol–water partition coefficient (Wildman–Crippen LogP) is 2.01. The van der Waals surface area contributed by atoms with Crippen LogP contribution in [0.1, 0.15) is 29.3 Å². The highest BCUT2D eigenvalue weighted by atomic mass is 16.2. The molecule has 0 saturated heterocycles. The van der Waals surface area contributed by atoms with E-state index in [4.69, 9.17) is 5.73 Å². The summed E-state index contributed by atoms with van der Waals surface area (Å²) in [5, 5.41) is 0. The number of H-pyrrole nitrogens is 1. The van der Waals surface area contributed by atoms with Gasteiger partial charge in [-0.15, -0.1) is 0 Å². The van der Waals surface area contributed by atoms with Gasteiger partial charge in [-0.25, -0.2) is 0 Å². The molecule has 2 aromatic rings. The number of carbonyl (C=O) groups is 1. The summed E-state index contributed by atoms with van der Waals surface area (Å²) in [7, 11) is 0. The largest absolute Gasteiger partial charge is 0.399 e. The number of nitrogens with zero attached hydrogens (tertiary/aromatic N) is 1. The number of benzene rings is 1. The molecule has 0 saturated carbocycles. The number of carbonyl (C=O) groups excluding carboxylic acids is 1. The Labute approximate surface area is 123 Å². The van der Waals surface area contributed by atoms with E-state index in [9.17, 15) is 9.59 Å². The van der Waals surface area contributed by atoms with Gasteiger partial charge in [0, 0.05) is 36.6 Å². The highest BCUT2D eigenvalue weighted by molar-refractivity contribution is 5.94. The van der Waals surface area contributed by atoms with Gasteiger partial charge in [0.2, 0.25) is 5.56 Å². The summed E-state index contributed by atoms with van der Waals surface area (Å²) in [5.41, 5.74) is 7.50. The molecular formula is C16H19N3O2. The monoisotopic (exact) mass is 285 g/mol. The van der Waals surface area contributed by atoms with Crippen LogP contribution in [0.4, 0.5) is 5.69 Å². The zero-order valence-electron chi connectivity index (χ0n) is 12.0. The number of rotatable bonds is 5. The number of pyridine rings is 1. The van der Waals surface area contributed by atoms with E-state index in [0.717, 1.165) is 12.0 Å². The van der Waals surface area contributed by atoms with Gasteiger partial charge in [0.05, 0.1) is 0 Å². The van der Waals surface area contributed by atoms with Crippen molar-refractivity contribution in [2.45, 2.75) is 19.9 Å². The number of nitrogens with two attached hydrogens (primary N) is 1. The highest BCUT2D eigenvalue weighted by Gasteiger charge is 2.15. The zero-order chi connectivity index (χ0) is 15.2. The van der Waals surface area contributed by atoms with Crippen LogP contribution in [0.2, 0.25) is 0 Å². The zero-order valence-corrected chi connectivity index (χ0v) is 12.0. The Morgan fingerprint density at radius 3 is 2.57 bits per heavy atom. The molecule has 0 radical (unpaired) electrons. The van der Waals surface area contributed by atoms with Crippen LogP contribution in [-0.2, 0) is 6.54 Å². The van der Waals surface area contributed by atoms with Gasteiger partial charge in [-0.1, -0.05) is 19.1 Å². The van der Waals surface area contributed by atoms with Crippen molar-refractivity contribution in [3.8, 4) is 0 Å². The minimum Gasteiger partial charge on any atom is -0.399 e. The molecule has 21 heavy (non-hydrogen) atoms. The highest BCUT2D eigenvalue weighted by Crippen LogP contribution is 2.11. The van der Waals surface area contributed by atoms with Crippen LogP contribution in [-0.4, -0.2) is 22.3 Å². The lowest BCUT2D eigenvalue weighted by atomic mass is 10.1. The molecule has 1 amide bonds. The molecule has 1 heterocycles. The van der Waals surface area contributed by atoms with Crippen molar-refractivity contribution in [2.24, 2.45) is 0 Å². The second kappa shape index (κ2) is 6.74. The van der Waals surface area contributed by atoms with Crippen LogP contribution in [0, 0.1) is 0 Å². The van der Waals surface area contributed by atoms with Gasteiger partial charge >= 0.3 is 0 Å². The van der Waals surface area contributed by atoms with Gasteiger partial charge in [-0.3, -0.25) is 9.59 Å². The normalized spacial score (nSPS) is 10.3. The molecule has 0 unspecified atom stereocenters. The minimum atomic E-state index is -0.273. The Balaban J connectivity index is 2.20. The molecule has 110 valence electrons. The fraction of sp³-hybridized carbons (Fsp3) is 0.250. The van der Waals surface area contributed by atoms with E-state index in [1.807, 2.05) is 31.2 Å². The van der Waals surface area contributed by atoms with Gasteiger partial charge in [-0.2, -0.15) is 0 Å². The van der Waals surface area contributed by atoms with E-state index in [0.29, 0.717) is 24.3 Å². The molecule has 0 fully saturated rings. The van der Waals surface area contributed by atoms with Gasteiger partial charge < -0.3 is 15.6 Å². The van der Waals surface area contributed by atoms with Crippen molar-refractivity contribution in [2.75, 3.05) is 12.3 Å². The summed E-state index contributed by atoms with van der Waals surface area (Å²) in [6, 6.07) is 10.4. The number of hydrogen-bond acceptors (Lipinski definition) is 3. The van der Waals surface area contributed by atoms with Crippen molar-refractivity contribution < 1.29 is 4.79 Å². The first-order valence-electron chi connectivity index (χ1n) is 6.92. The third-order valence-corrected chi connectivity index (χ3v) is 3.16. The molecule has 1 aromatic heterocycles. The quantitative estimate of drug-likeness (QED) is 0.825. The van der Waals surface area contributed by atoms with Crippen LogP contribution in [0.15, 0.2) is 47.4 Å². The van der Waals surface area contributed by atoms with Crippen LogP contribution >= 0.6 is 0 Å². The fourth-order valence-electron chi connectivity index (χ4n) is 2.13. The Morgan fingerprint density at radius 2 is 1.95 bits per heavy atom. The molecule has 1 aromatic carbocycles. The number of nitrogens with one attached hydrogen (secondary N) is 1. The Hall–Kier alpha value is -2.56. The van der Waals surface area contributed by atoms with Crippen molar-refractivity contribution in [1.82, 2.24) is 9.88 Å². The Bertz CT molecular complexity index is 662. The smallest absolute Gasteiger partial charge is 0.254 e. The molecule has 0 atom stereocenters. The maximum Gasteiger partial charge on any atom is 0.254 e. The van der Waals surface area contributed by atoms with Crippen molar-refractivity contribution in [3.05, 3.63) is 64.1 Å². The molecule has 5 heteroatoms. The predicted molar refractivity (Wildman–Crippen MR) is 82.9 cm³/mol. The average molecular weight is 285 g/mol. The van der Waals surface area contributed by atoms with Gasteiger partial charge in [0.15, 0.2) is 0 Å². The Morgan fingerprint density at radius 1 is 1.24 bits per heavy atom. The molecule has 0 aliphatic carbocycles. The van der Waals surface area contributed by atoms with Gasteiger partial charge in [0.25, 0.3) is 5.91 Å². The maximum absolute atomic E-state index is 12.5. The average Bonchev–Trinajstić information content (AvgIpc) is 2.48. The fourth-order valence-corrected chi connectivity index (χ4v) is 2.13. The van der Waals surface area contributed by atoms with E-state index < -0.39 is 0 Å². The van der Waals surface area contributed by atoms with E-state index >= 15 is 0 Å². The summed E-state index contributed by atoms with van der Waals surface area (Å²) in [4.78, 5) is 28.1. The Kier molecular flexibility index (Phi) is 4.77. The van der Waals surface area contributed by atoms with E-state index in [1.54, 1.807) is 11.0 Å². The van der Waals surface area contributed by atoms with Gasteiger partial charge in [0.1, 0.15) is 0 Å². The van der Waals surface area contributed by atoms with Crippen molar-refractivity contribution >= 4 is 11.6 Å². The lowest BCUT2D eigenvalue weighted by molar-refractivity contribution is 0.0743. The summed E-state index contributed by atoms with van der Waals surface area (Å²) in [5.74, 6) is -0.139. The first-order chi connectivity index (χ1) is 10.1. The summed E-state index contributed by atoms with van der Waals surface area (Å²) < 4.78 is 0. The van der Waals surface area contributed by atoms with Crippen LogP contribution < -0.4 is 11.3 Å². The van der Waals surface area contributed by atoms with E-state index in [-0.39, 0.29) is 11.5 Å². The molecular weight excluding hydrogens is 266 g/mol. The lowest BCUT2D eigenvalue weighted by Gasteiger charge is -2.22. The molecule has 3 N–H and O–H groups in total. The number of amides is 1. The minimum absolute atomic E-state index is 0.139. The van der Waals surface area contributed by atoms with Gasteiger partial charge in [-0.05, 0) is 30.2 Å².